The third-order valence-electron chi connectivity index (χ3n) is 4.13. The largest absolute Gasteiger partial charge is 0.469 e. The lowest BCUT2D eigenvalue weighted by Gasteiger charge is -2.28. The second-order valence-electron chi connectivity index (χ2n) is 5.56. The van der Waals surface area contributed by atoms with Gasteiger partial charge in [-0.1, -0.05) is 0 Å². The Hall–Kier alpha value is -1.59. The number of rotatable bonds is 4. The van der Waals surface area contributed by atoms with E-state index < -0.39 is 0 Å². The summed E-state index contributed by atoms with van der Waals surface area (Å²) < 4.78 is 4.74. The van der Waals surface area contributed by atoms with Gasteiger partial charge in [0.05, 0.1) is 19.6 Å². The van der Waals surface area contributed by atoms with E-state index in [0.717, 1.165) is 32.1 Å². The van der Waals surface area contributed by atoms with Crippen molar-refractivity contribution in [1.82, 2.24) is 10.2 Å². The van der Waals surface area contributed by atoms with Crippen LogP contribution in [0, 0.1) is 5.92 Å². The Morgan fingerprint density at radius 1 is 1.30 bits per heavy atom. The fourth-order valence-electron chi connectivity index (χ4n) is 2.96. The van der Waals surface area contributed by atoms with E-state index in [-0.39, 0.29) is 36.3 Å². The van der Waals surface area contributed by atoms with Gasteiger partial charge in [0.25, 0.3) is 0 Å². The molecule has 112 valence electrons. The first-order valence-electron chi connectivity index (χ1n) is 7.25. The van der Waals surface area contributed by atoms with E-state index >= 15 is 0 Å². The third-order valence-corrected chi connectivity index (χ3v) is 4.13. The summed E-state index contributed by atoms with van der Waals surface area (Å²) >= 11 is 0. The molecule has 0 atom stereocenters. The van der Waals surface area contributed by atoms with Crippen LogP contribution in [0.5, 0.6) is 0 Å². The zero-order chi connectivity index (χ0) is 14.5. The van der Waals surface area contributed by atoms with Crippen LogP contribution in [0.3, 0.4) is 0 Å². The average Bonchev–Trinajstić information content (AvgIpc) is 2.84. The van der Waals surface area contributed by atoms with Crippen molar-refractivity contribution in [2.45, 2.75) is 44.6 Å². The summed E-state index contributed by atoms with van der Waals surface area (Å²) in [5.74, 6) is -0.220. The van der Waals surface area contributed by atoms with Crippen molar-refractivity contribution in [2.75, 3.05) is 20.2 Å². The highest BCUT2D eigenvalue weighted by Gasteiger charge is 2.28. The van der Waals surface area contributed by atoms with Crippen molar-refractivity contribution < 1.29 is 19.1 Å². The number of esters is 1. The summed E-state index contributed by atoms with van der Waals surface area (Å²) in [5, 5.41) is 2.96. The Balaban J connectivity index is 1.71. The minimum Gasteiger partial charge on any atom is -0.469 e. The maximum Gasteiger partial charge on any atom is 0.308 e. The van der Waals surface area contributed by atoms with Gasteiger partial charge in [0.1, 0.15) is 0 Å². The number of hydrogen-bond acceptors (Lipinski definition) is 4. The van der Waals surface area contributed by atoms with Crippen LogP contribution in [0.25, 0.3) is 0 Å². The summed E-state index contributed by atoms with van der Waals surface area (Å²) in [7, 11) is 1.41. The van der Waals surface area contributed by atoms with Gasteiger partial charge in [-0.15, -0.1) is 0 Å². The van der Waals surface area contributed by atoms with Crippen molar-refractivity contribution in [3.8, 4) is 0 Å². The Morgan fingerprint density at radius 3 is 2.55 bits per heavy atom. The van der Waals surface area contributed by atoms with Crippen molar-refractivity contribution >= 4 is 17.8 Å². The normalized spacial score (nSPS) is 26.4. The molecule has 0 aromatic heterocycles. The fraction of sp³-hybridized carbons (Fsp3) is 0.786. The standard InChI is InChI=1S/C14H22N2O4/c1-20-14(19)10-4-6-11(7-5-10)15-12(17)9-16-8-2-3-13(16)18/h10-11H,2-9H2,1H3,(H,15,17). The van der Waals surface area contributed by atoms with Gasteiger partial charge in [0.2, 0.25) is 11.8 Å². The molecule has 6 nitrogen and oxygen atoms in total. The van der Waals surface area contributed by atoms with Gasteiger partial charge in [-0.2, -0.15) is 0 Å². The molecule has 1 aliphatic carbocycles. The molecule has 0 spiro atoms. The molecule has 0 unspecified atom stereocenters. The molecule has 2 rings (SSSR count). The van der Waals surface area contributed by atoms with Crippen LogP contribution < -0.4 is 5.32 Å². The molecular weight excluding hydrogens is 260 g/mol. The molecule has 1 saturated heterocycles. The Kier molecular flexibility index (Phi) is 4.98. The molecule has 0 aromatic carbocycles. The first-order chi connectivity index (χ1) is 9.60. The molecule has 1 heterocycles. The molecule has 1 aliphatic heterocycles. The number of carbonyl (C=O) groups is 3. The first-order valence-corrected chi connectivity index (χ1v) is 7.25. The van der Waals surface area contributed by atoms with E-state index in [2.05, 4.69) is 5.32 Å². The van der Waals surface area contributed by atoms with E-state index in [9.17, 15) is 14.4 Å². The van der Waals surface area contributed by atoms with Gasteiger partial charge in [0.15, 0.2) is 0 Å². The summed E-state index contributed by atoms with van der Waals surface area (Å²) in [4.78, 5) is 36.4. The number of hydrogen-bond donors (Lipinski definition) is 1. The van der Waals surface area contributed by atoms with E-state index in [4.69, 9.17) is 4.74 Å². The van der Waals surface area contributed by atoms with Crippen LogP contribution in [0.2, 0.25) is 0 Å². The van der Waals surface area contributed by atoms with E-state index in [1.807, 2.05) is 0 Å². The fourth-order valence-corrected chi connectivity index (χ4v) is 2.96. The minimum atomic E-state index is -0.155. The molecule has 6 heteroatoms. The quantitative estimate of drug-likeness (QED) is 0.760. The Labute approximate surface area is 118 Å². The predicted molar refractivity (Wildman–Crippen MR) is 71.7 cm³/mol. The molecule has 2 aliphatic rings. The van der Waals surface area contributed by atoms with Gasteiger partial charge >= 0.3 is 5.97 Å². The van der Waals surface area contributed by atoms with Crippen molar-refractivity contribution in [1.29, 1.82) is 0 Å². The van der Waals surface area contributed by atoms with E-state index in [0.29, 0.717) is 13.0 Å². The number of carbonyl (C=O) groups excluding carboxylic acids is 3. The molecule has 20 heavy (non-hydrogen) atoms. The highest BCUT2D eigenvalue weighted by atomic mass is 16.5. The topological polar surface area (TPSA) is 75.7 Å². The van der Waals surface area contributed by atoms with Gasteiger partial charge in [-0.25, -0.2) is 0 Å². The highest BCUT2D eigenvalue weighted by molar-refractivity contribution is 5.86. The maximum absolute atomic E-state index is 11.9. The lowest BCUT2D eigenvalue weighted by atomic mass is 9.86. The SMILES string of the molecule is COC(=O)C1CCC(NC(=O)CN2CCCC2=O)CC1. The van der Waals surface area contributed by atoms with Crippen molar-refractivity contribution in [3.63, 3.8) is 0 Å². The van der Waals surface area contributed by atoms with Crippen LogP contribution in [0.1, 0.15) is 38.5 Å². The molecule has 0 radical (unpaired) electrons. The summed E-state index contributed by atoms with van der Waals surface area (Å²) in [5.41, 5.74) is 0. The smallest absolute Gasteiger partial charge is 0.308 e. The van der Waals surface area contributed by atoms with Crippen molar-refractivity contribution in [2.24, 2.45) is 5.92 Å². The molecule has 2 fully saturated rings. The van der Waals surface area contributed by atoms with Crippen LogP contribution in [-0.4, -0.2) is 48.9 Å². The lowest BCUT2D eigenvalue weighted by molar-refractivity contribution is -0.146. The zero-order valence-electron chi connectivity index (χ0n) is 11.9. The average molecular weight is 282 g/mol. The summed E-state index contributed by atoms with van der Waals surface area (Å²) in [6.45, 7) is 0.844. The summed E-state index contributed by atoms with van der Waals surface area (Å²) in [6.07, 6.45) is 4.48. The van der Waals surface area contributed by atoms with Gasteiger partial charge in [-0.05, 0) is 32.1 Å². The number of ether oxygens (including phenoxy) is 1. The maximum atomic E-state index is 11.9. The van der Waals surface area contributed by atoms with Crippen LogP contribution in [0.15, 0.2) is 0 Å². The van der Waals surface area contributed by atoms with Crippen LogP contribution in [-0.2, 0) is 19.1 Å². The van der Waals surface area contributed by atoms with Gasteiger partial charge in [0, 0.05) is 19.0 Å². The third kappa shape index (κ3) is 3.71. The van der Waals surface area contributed by atoms with E-state index in [1.54, 1.807) is 4.90 Å². The van der Waals surface area contributed by atoms with Crippen molar-refractivity contribution in [3.05, 3.63) is 0 Å². The Morgan fingerprint density at radius 2 is 2.00 bits per heavy atom. The van der Waals surface area contributed by atoms with Gasteiger partial charge in [-0.3, -0.25) is 14.4 Å². The Bertz CT molecular complexity index is 389. The van der Waals surface area contributed by atoms with Gasteiger partial charge < -0.3 is 15.0 Å². The highest BCUT2D eigenvalue weighted by Crippen LogP contribution is 2.25. The number of nitrogens with zero attached hydrogens (tertiary/aromatic N) is 1. The summed E-state index contributed by atoms with van der Waals surface area (Å²) in [6, 6.07) is 0.112. The molecule has 2 amide bonds. The van der Waals surface area contributed by atoms with Crippen LogP contribution >= 0.6 is 0 Å². The predicted octanol–water partition coefficient (Wildman–Crippen LogP) is 0.457. The number of nitrogens with one attached hydrogen (secondary N) is 1. The monoisotopic (exact) mass is 282 g/mol. The molecule has 1 N–H and O–H groups in total. The molecule has 1 saturated carbocycles. The minimum absolute atomic E-state index is 0.0340. The first kappa shape index (κ1) is 14.8. The number of amides is 2. The number of likely N-dealkylation sites (tertiary alicyclic amines) is 1. The van der Waals surface area contributed by atoms with Crippen LogP contribution in [0.4, 0.5) is 0 Å². The zero-order valence-corrected chi connectivity index (χ0v) is 11.9. The lowest BCUT2D eigenvalue weighted by Crippen LogP contribution is -2.44. The van der Waals surface area contributed by atoms with E-state index in [1.165, 1.54) is 7.11 Å². The second kappa shape index (κ2) is 6.72. The molecule has 0 aromatic rings. The second-order valence-corrected chi connectivity index (χ2v) is 5.56. The molecule has 0 bridgehead atoms. The number of methoxy groups -OCH3 is 1. The molecular formula is C14H22N2O4.